The van der Waals surface area contributed by atoms with Crippen LogP contribution in [0.1, 0.15) is 84.4 Å². The molecule has 4 aromatic rings. The van der Waals surface area contributed by atoms with Crippen molar-refractivity contribution in [3.8, 4) is 0 Å². The van der Waals surface area contributed by atoms with Crippen LogP contribution >= 0.6 is 11.8 Å². The zero-order valence-electron chi connectivity index (χ0n) is 27.6. The quantitative estimate of drug-likeness (QED) is 0.0461. The van der Waals surface area contributed by atoms with E-state index in [0.29, 0.717) is 53.5 Å². The minimum Gasteiger partial charge on any atom is -0.478 e. The highest BCUT2D eigenvalue weighted by atomic mass is 32.2. The Morgan fingerprint density at radius 3 is 2.18 bits per heavy atom. The fourth-order valence-corrected chi connectivity index (χ4v) is 6.56. The van der Waals surface area contributed by atoms with Crippen LogP contribution in [0, 0.1) is 0 Å². The van der Waals surface area contributed by atoms with Crippen LogP contribution in [-0.4, -0.2) is 44.8 Å². The van der Waals surface area contributed by atoms with Crippen LogP contribution < -0.4 is 16.4 Å². The number of carboxylic acid groups (broad SMARTS) is 1. The number of carbonyl (C=O) groups excluding carboxylic acids is 2. The van der Waals surface area contributed by atoms with Gasteiger partial charge in [-0.15, -0.1) is 11.8 Å². The van der Waals surface area contributed by atoms with Crippen LogP contribution in [0.4, 0.5) is 17.1 Å². The van der Waals surface area contributed by atoms with Gasteiger partial charge in [-0.3, -0.25) is 9.59 Å². The van der Waals surface area contributed by atoms with Crippen LogP contribution in [0.2, 0.25) is 0 Å². The lowest BCUT2D eigenvalue weighted by molar-refractivity contribution is -0.245. The Kier molecular flexibility index (Phi) is 13.4. The third kappa shape index (κ3) is 10.6. The van der Waals surface area contributed by atoms with Gasteiger partial charge in [0, 0.05) is 42.5 Å². The fraction of sp³-hybridized carbons (Fsp3) is 0.316. The molecule has 0 aliphatic carbocycles. The minimum absolute atomic E-state index is 0.0537. The smallest absolute Gasteiger partial charge is 0.338 e. The molecule has 2 amide bonds. The summed E-state index contributed by atoms with van der Waals surface area (Å²) in [6.45, 7) is -0.0537. The SMILES string of the molecule is Nc1ccccc1NC(=O)CCCCCCC(=O)Nc1ccc(C2OC(CSc3ncccc3C(=O)O)CC(c3ccc(CO)cc3)O2)cc1. The minimum atomic E-state index is -1.03. The monoisotopic (exact) mass is 698 g/mol. The molecule has 1 aromatic heterocycles. The number of carboxylic acids is 1. The third-order valence-electron chi connectivity index (χ3n) is 8.28. The molecule has 1 fully saturated rings. The molecule has 3 unspecified atom stereocenters. The zero-order valence-corrected chi connectivity index (χ0v) is 28.4. The van der Waals surface area contributed by atoms with E-state index < -0.39 is 12.3 Å². The van der Waals surface area contributed by atoms with Crippen molar-refractivity contribution < 1.29 is 34.1 Å². The number of pyridine rings is 1. The molecule has 0 spiro atoms. The summed E-state index contributed by atoms with van der Waals surface area (Å²) >= 11 is 1.33. The van der Waals surface area contributed by atoms with Crippen molar-refractivity contribution in [3.05, 3.63) is 113 Å². The van der Waals surface area contributed by atoms with Crippen molar-refractivity contribution in [2.75, 3.05) is 22.1 Å². The number of nitrogen functional groups attached to an aromatic ring is 1. The van der Waals surface area contributed by atoms with Gasteiger partial charge in [0.05, 0.1) is 35.8 Å². The van der Waals surface area contributed by atoms with E-state index in [4.69, 9.17) is 15.2 Å². The Labute approximate surface area is 295 Å². The molecule has 3 atom stereocenters. The molecule has 1 aliphatic heterocycles. The first-order valence-corrected chi connectivity index (χ1v) is 17.6. The van der Waals surface area contributed by atoms with Crippen LogP contribution in [0.5, 0.6) is 0 Å². The summed E-state index contributed by atoms with van der Waals surface area (Å²) in [5.41, 5.74) is 10.4. The first-order chi connectivity index (χ1) is 24.3. The van der Waals surface area contributed by atoms with Crippen molar-refractivity contribution in [1.82, 2.24) is 4.98 Å². The summed E-state index contributed by atoms with van der Waals surface area (Å²) in [4.78, 5) is 40.8. The Balaban J connectivity index is 1.11. The highest BCUT2D eigenvalue weighted by Gasteiger charge is 2.32. The number of nitrogens with zero attached hydrogens (tertiary/aromatic N) is 1. The van der Waals surface area contributed by atoms with Crippen LogP contribution in [0.15, 0.2) is 96.2 Å². The number of rotatable bonds is 16. The van der Waals surface area contributed by atoms with E-state index in [1.165, 1.54) is 17.8 Å². The summed E-state index contributed by atoms with van der Waals surface area (Å²) < 4.78 is 12.8. The van der Waals surface area contributed by atoms with Crippen molar-refractivity contribution in [2.24, 2.45) is 0 Å². The van der Waals surface area contributed by atoms with Gasteiger partial charge in [-0.2, -0.15) is 0 Å². The number of para-hydroxylation sites is 2. The summed E-state index contributed by atoms with van der Waals surface area (Å²) in [5, 5.41) is 25.3. The molecule has 0 saturated carbocycles. The predicted octanol–water partition coefficient (Wildman–Crippen LogP) is 7.11. The summed E-state index contributed by atoms with van der Waals surface area (Å²) in [5.74, 6) is -0.730. The molecule has 6 N–H and O–H groups in total. The normalized spacial score (nSPS) is 17.2. The highest BCUT2D eigenvalue weighted by molar-refractivity contribution is 7.99. The molecule has 0 radical (unpaired) electrons. The number of hydrogen-bond acceptors (Lipinski definition) is 9. The predicted molar refractivity (Wildman–Crippen MR) is 193 cm³/mol. The molecule has 11 nitrogen and oxygen atoms in total. The second-order valence-corrected chi connectivity index (χ2v) is 13.1. The van der Waals surface area contributed by atoms with E-state index in [9.17, 15) is 24.6 Å². The highest BCUT2D eigenvalue weighted by Crippen LogP contribution is 2.39. The number of nitrogens with one attached hydrogen (secondary N) is 2. The number of anilines is 3. The number of aromatic carboxylic acids is 1. The topological polar surface area (TPSA) is 173 Å². The number of thioether (sulfide) groups is 1. The zero-order chi connectivity index (χ0) is 35.3. The molecule has 12 heteroatoms. The van der Waals surface area contributed by atoms with Gasteiger partial charge in [-0.1, -0.05) is 61.4 Å². The van der Waals surface area contributed by atoms with Gasteiger partial charge in [0.1, 0.15) is 5.03 Å². The number of carbonyl (C=O) groups is 3. The van der Waals surface area contributed by atoms with Crippen LogP contribution in [-0.2, 0) is 25.7 Å². The number of benzene rings is 3. The number of aliphatic hydroxyl groups is 1. The van der Waals surface area contributed by atoms with Gasteiger partial charge >= 0.3 is 5.97 Å². The number of hydrogen-bond donors (Lipinski definition) is 5. The molecule has 5 rings (SSSR count). The van der Waals surface area contributed by atoms with Crippen molar-refractivity contribution in [2.45, 2.75) is 75.1 Å². The average Bonchev–Trinajstić information content (AvgIpc) is 3.13. The molecule has 50 heavy (non-hydrogen) atoms. The van der Waals surface area contributed by atoms with E-state index >= 15 is 0 Å². The van der Waals surface area contributed by atoms with E-state index in [1.54, 1.807) is 24.4 Å². The second kappa shape index (κ2) is 18.3. The number of unbranched alkanes of at least 4 members (excludes halogenated alkanes) is 3. The largest absolute Gasteiger partial charge is 0.478 e. The van der Waals surface area contributed by atoms with E-state index in [-0.39, 0.29) is 36.2 Å². The van der Waals surface area contributed by atoms with Gasteiger partial charge in [0.15, 0.2) is 6.29 Å². The molecular formula is C38H42N4O7S. The molecule has 3 aromatic carbocycles. The Morgan fingerprint density at radius 1 is 0.820 bits per heavy atom. The average molecular weight is 699 g/mol. The Bertz CT molecular complexity index is 1740. The maximum atomic E-state index is 12.6. The summed E-state index contributed by atoms with van der Waals surface area (Å²) in [6, 6.07) is 25.2. The lowest BCUT2D eigenvalue weighted by Crippen LogP contribution is -2.31. The lowest BCUT2D eigenvalue weighted by Gasteiger charge is -2.36. The van der Waals surface area contributed by atoms with Crippen LogP contribution in [0.3, 0.4) is 0 Å². The van der Waals surface area contributed by atoms with Gasteiger partial charge in [-0.05, 0) is 60.4 Å². The summed E-state index contributed by atoms with van der Waals surface area (Å²) in [7, 11) is 0. The Morgan fingerprint density at radius 2 is 1.50 bits per heavy atom. The standard InChI is InChI=1S/C38H42N4O7S/c39-31-9-5-6-10-32(31)42-35(45)12-4-2-1-3-11-34(44)41-28-19-17-27(18-20-28)38-48-29(24-50-36-30(37(46)47)8-7-21-40-36)22-33(49-38)26-15-13-25(23-43)14-16-26/h5-10,13-21,29,33,38,43H,1-4,11-12,22-24,39H2,(H,41,44)(H,42,45)(H,46,47). The first kappa shape index (κ1) is 36.5. The number of amides is 2. The van der Waals surface area contributed by atoms with Crippen molar-refractivity contribution >= 4 is 46.6 Å². The number of ether oxygens (including phenoxy) is 2. The van der Waals surface area contributed by atoms with Gasteiger partial charge in [-0.25, -0.2) is 9.78 Å². The molecule has 1 saturated heterocycles. The van der Waals surface area contributed by atoms with Gasteiger partial charge < -0.3 is 36.1 Å². The summed E-state index contributed by atoms with van der Waals surface area (Å²) in [6.07, 6.45) is 4.74. The second-order valence-electron chi connectivity index (χ2n) is 12.0. The maximum absolute atomic E-state index is 12.6. The van der Waals surface area contributed by atoms with Crippen molar-refractivity contribution in [3.63, 3.8) is 0 Å². The molecule has 2 heterocycles. The van der Waals surface area contributed by atoms with E-state index in [1.807, 2.05) is 60.7 Å². The lowest BCUT2D eigenvalue weighted by atomic mass is 10.0. The van der Waals surface area contributed by atoms with Gasteiger partial charge in [0.2, 0.25) is 11.8 Å². The number of nitrogens with two attached hydrogens (primary N) is 1. The van der Waals surface area contributed by atoms with Crippen molar-refractivity contribution in [1.29, 1.82) is 0 Å². The molecule has 262 valence electrons. The number of aliphatic hydroxyl groups excluding tert-OH is 1. The van der Waals surface area contributed by atoms with Crippen LogP contribution in [0.25, 0.3) is 0 Å². The third-order valence-corrected chi connectivity index (χ3v) is 9.42. The molecular weight excluding hydrogens is 657 g/mol. The van der Waals surface area contributed by atoms with E-state index in [0.717, 1.165) is 36.0 Å². The van der Waals surface area contributed by atoms with Gasteiger partial charge in [0.25, 0.3) is 0 Å². The molecule has 0 bridgehead atoms. The molecule has 1 aliphatic rings. The number of aromatic nitrogens is 1. The first-order valence-electron chi connectivity index (χ1n) is 16.6. The van der Waals surface area contributed by atoms with E-state index in [2.05, 4.69) is 15.6 Å². The Hall–Kier alpha value is -4.75. The maximum Gasteiger partial charge on any atom is 0.338 e. The fourth-order valence-electron chi connectivity index (χ4n) is 5.56.